The molecule has 1 aliphatic carbocycles. The van der Waals surface area contributed by atoms with Gasteiger partial charge in [0.15, 0.2) is 5.96 Å². The fourth-order valence-corrected chi connectivity index (χ4v) is 3.30. The van der Waals surface area contributed by atoms with Crippen molar-refractivity contribution < 1.29 is 4.74 Å². The molecular formula is C19H30IN3O. The largest absolute Gasteiger partial charge is 0.373 e. The molecule has 2 N–H and O–H groups in total. The van der Waals surface area contributed by atoms with E-state index in [2.05, 4.69) is 53.7 Å². The average Bonchev–Trinajstić information content (AvgIpc) is 3.27. The van der Waals surface area contributed by atoms with Gasteiger partial charge in [-0.2, -0.15) is 0 Å². The lowest BCUT2D eigenvalue weighted by atomic mass is 9.89. The molecule has 134 valence electrons. The Kier molecular flexibility index (Phi) is 7.34. The molecule has 4 atom stereocenters. The Hall–Kier alpha value is -0.820. The molecule has 1 aromatic carbocycles. The third kappa shape index (κ3) is 5.09. The molecule has 24 heavy (non-hydrogen) atoms. The standard InChI is InChI=1S/C19H29N3O.HI/c1-13-6-8-15(9-7-13)18-16(5-4-10-23-18)12-21-19(20-3)22-17-11-14(17)2;/h6-9,14,16-18H,4-5,10-12H2,1-3H3,(H2,20,21,22);1H. The summed E-state index contributed by atoms with van der Waals surface area (Å²) in [4.78, 5) is 4.35. The Bertz CT molecular complexity index is 546. The Morgan fingerprint density at radius 1 is 1.29 bits per heavy atom. The van der Waals surface area contributed by atoms with Gasteiger partial charge in [0.25, 0.3) is 0 Å². The number of hydrogen-bond acceptors (Lipinski definition) is 2. The van der Waals surface area contributed by atoms with Crippen LogP contribution < -0.4 is 10.6 Å². The predicted molar refractivity (Wildman–Crippen MR) is 110 cm³/mol. The molecule has 0 amide bonds. The molecular weight excluding hydrogens is 413 g/mol. The van der Waals surface area contributed by atoms with E-state index in [0.29, 0.717) is 12.0 Å². The van der Waals surface area contributed by atoms with Crippen molar-refractivity contribution in [2.75, 3.05) is 20.2 Å². The van der Waals surface area contributed by atoms with E-state index in [1.54, 1.807) is 0 Å². The molecule has 2 fully saturated rings. The van der Waals surface area contributed by atoms with Crippen LogP contribution in [0.25, 0.3) is 0 Å². The molecule has 3 rings (SSSR count). The number of ether oxygens (including phenoxy) is 1. The summed E-state index contributed by atoms with van der Waals surface area (Å²) in [5.74, 6) is 2.18. The number of nitrogens with one attached hydrogen (secondary N) is 2. The van der Waals surface area contributed by atoms with Gasteiger partial charge in [0.1, 0.15) is 0 Å². The van der Waals surface area contributed by atoms with Gasteiger partial charge in [-0.05, 0) is 37.7 Å². The molecule has 0 bridgehead atoms. The van der Waals surface area contributed by atoms with Gasteiger partial charge in [-0.25, -0.2) is 0 Å². The number of aliphatic imine (C=N–C) groups is 1. The summed E-state index contributed by atoms with van der Waals surface area (Å²) in [5, 5.41) is 6.99. The number of hydrogen-bond donors (Lipinski definition) is 2. The lowest BCUT2D eigenvalue weighted by molar-refractivity contribution is -0.0265. The van der Waals surface area contributed by atoms with Crippen molar-refractivity contribution in [1.29, 1.82) is 0 Å². The SMILES string of the molecule is CN=C(NCC1CCCOC1c1ccc(C)cc1)NC1CC1C.I. The summed E-state index contributed by atoms with van der Waals surface area (Å²) in [7, 11) is 1.84. The first-order valence-electron chi connectivity index (χ1n) is 8.82. The third-order valence-corrected chi connectivity index (χ3v) is 5.04. The quantitative estimate of drug-likeness (QED) is 0.424. The fraction of sp³-hybridized carbons (Fsp3) is 0.632. The number of guanidine groups is 1. The van der Waals surface area contributed by atoms with Crippen molar-refractivity contribution in [3.05, 3.63) is 35.4 Å². The Morgan fingerprint density at radius 3 is 2.62 bits per heavy atom. The molecule has 1 saturated heterocycles. The van der Waals surface area contributed by atoms with E-state index in [9.17, 15) is 0 Å². The van der Waals surface area contributed by atoms with Gasteiger partial charge in [-0.15, -0.1) is 24.0 Å². The summed E-state index contributed by atoms with van der Waals surface area (Å²) in [6, 6.07) is 9.35. The maximum absolute atomic E-state index is 6.09. The van der Waals surface area contributed by atoms with Crippen molar-refractivity contribution in [2.45, 2.75) is 45.3 Å². The Balaban J connectivity index is 0.00000208. The average molecular weight is 443 g/mol. The van der Waals surface area contributed by atoms with Gasteiger partial charge < -0.3 is 15.4 Å². The summed E-state index contributed by atoms with van der Waals surface area (Å²) in [5.41, 5.74) is 2.59. The van der Waals surface area contributed by atoms with Crippen LogP contribution in [0.4, 0.5) is 0 Å². The number of nitrogens with zero attached hydrogens (tertiary/aromatic N) is 1. The second kappa shape index (κ2) is 9.04. The van der Waals surface area contributed by atoms with Gasteiger partial charge >= 0.3 is 0 Å². The highest BCUT2D eigenvalue weighted by Gasteiger charge is 2.33. The van der Waals surface area contributed by atoms with Crippen LogP contribution in [-0.2, 0) is 4.74 Å². The summed E-state index contributed by atoms with van der Waals surface area (Å²) >= 11 is 0. The van der Waals surface area contributed by atoms with Crippen LogP contribution in [0.2, 0.25) is 0 Å². The monoisotopic (exact) mass is 443 g/mol. The van der Waals surface area contributed by atoms with E-state index in [0.717, 1.165) is 31.4 Å². The van der Waals surface area contributed by atoms with Crippen LogP contribution in [0.3, 0.4) is 0 Å². The number of aryl methyl sites for hydroxylation is 1. The minimum atomic E-state index is 0. The van der Waals surface area contributed by atoms with Gasteiger partial charge in [0.05, 0.1) is 6.10 Å². The van der Waals surface area contributed by atoms with Crippen molar-refractivity contribution in [1.82, 2.24) is 10.6 Å². The van der Waals surface area contributed by atoms with Crippen LogP contribution in [0.1, 0.15) is 43.4 Å². The first-order valence-corrected chi connectivity index (χ1v) is 8.82. The maximum atomic E-state index is 6.09. The topological polar surface area (TPSA) is 45.7 Å². The Labute approximate surface area is 162 Å². The number of rotatable bonds is 4. The van der Waals surface area contributed by atoms with Crippen LogP contribution in [-0.4, -0.2) is 32.2 Å². The molecule has 1 aliphatic heterocycles. The highest BCUT2D eigenvalue weighted by molar-refractivity contribution is 14.0. The van der Waals surface area contributed by atoms with Crippen LogP contribution in [0.5, 0.6) is 0 Å². The molecule has 4 nitrogen and oxygen atoms in total. The third-order valence-electron chi connectivity index (χ3n) is 5.04. The summed E-state index contributed by atoms with van der Waals surface area (Å²) < 4.78 is 6.09. The zero-order chi connectivity index (χ0) is 16.2. The maximum Gasteiger partial charge on any atom is 0.191 e. The molecule has 5 heteroatoms. The highest BCUT2D eigenvalue weighted by atomic mass is 127. The Morgan fingerprint density at radius 2 is 2.00 bits per heavy atom. The lowest BCUT2D eigenvalue weighted by Gasteiger charge is -2.32. The van der Waals surface area contributed by atoms with E-state index in [4.69, 9.17) is 4.74 Å². The van der Waals surface area contributed by atoms with Gasteiger partial charge in [0, 0.05) is 32.2 Å². The zero-order valence-corrected chi connectivity index (χ0v) is 17.2. The fourth-order valence-electron chi connectivity index (χ4n) is 3.30. The van der Waals surface area contributed by atoms with Crippen molar-refractivity contribution in [3.63, 3.8) is 0 Å². The van der Waals surface area contributed by atoms with Crippen molar-refractivity contribution >= 4 is 29.9 Å². The van der Waals surface area contributed by atoms with Crippen molar-refractivity contribution in [3.8, 4) is 0 Å². The molecule has 1 aromatic rings. The summed E-state index contributed by atoms with van der Waals surface area (Å²) in [6.45, 7) is 6.16. The van der Waals surface area contributed by atoms with Gasteiger partial charge in [-0.3, -0.25) is 4.99 Å². The van der Waals surface area contributed by atoms with Crippen LogP contribution in [0, 0.1) is 18.8 Å². The van der Waals surface area contributed by atoms with E-state index in [-0.39, 0.29) is 30.1 Å². The molecule has 1 heterocycles. The second-order valence-electron chi connectivity index (χ2n) is 7.02. The predicted octanol–water partition coefficient (Wildman–Crippen LogP) is 3.65. The van der Waals surface area contributed by atoms with E-state index >= 15 is 0 Å². The molecule has 0 radical (unpaired) electrons. The molecule has 2 aliphatic rings. The number of halogens is 1. The highest BCUT2D eigenvalue weighted by Crippen LogP contribution is 2.33. The van der Waals surface area contributed by atoms with Gasteiger partial charge in [-0.1, -0.05) is 36.8 Å². The lowest BCUT2D eigenvalue weighted by Crippen LogP contribution is -2.43. The van der Waals surface area contributed by atoms with Gasteiger partial charge in [0.2, 0.25) is 0 Å². The first kappa shape index (κ1) is 19.5. The second-order valence-corrected chi connectivity index (χ2v) is 7.02. The van der Waals surface area contributed by atoms with Crippen LogP contribution >= 0.6 is 24.0 Å². The first-order chi connectivity index (χ1) is 11.2. The van der Waals surface area contributed by atoms with E-state index in [1.165, 1.54) is 24.0 Å². The smallest absolute Gasteiger partial charge is 0.191 e. The number of benzene rings is 1. The normalized spacial score (nSPS) is 29.5. The zero-order valence-electron chi connectivity index (χ0n) is 14.9. The molecule has 1 saturated carbocycles. The molecule has 0 spiro atoms. The van der Waals surface area contributed by atoms with Crippen LogP contribution in [0.15, 0.2) is 29.3 Å². The minimum Gasteiger partial charge on any atom is -0.373 e. The summed E-state index contributed by atoms with van der Waals surface area (Å²) in [6.07, 6.45) is 3.77. The van der Waals surface area contributed by atoms with Crippen molar-refractivity contribution in [2.24, 2.45) is 16.8 Å². The molecule has 4 unspecified atom stereocenters. The molecule has 0 aromatic heterocycles. The van der Waals surface area contributed by atoms with E-state index in [1.807, 2.05) is 7.05 Å². The van der Waals surface area contributed by atoms with E-state index < -0.39 is 0 Å². The minimum absolute atomic E-state index is 0.